The molecular weight excluding hydrogens is 240 g/mol. The average molecular weight is 253 g/mol. The van der Waals surface area contributed by atoms with Gasteiger partial charge in [0, 0.05) is 16.2 Å². The maximum Gasteiger partial charge on any atom is 0.140 e. The fraction of sp³-hybridized carbons (Fsp3) is 0.917. The fourth-order valence-corrected chi connectivity index (χ4v) is 7.76. The van der Waals surface area contributed by atoms with Crippen molar-refractivity contribution in [2.45, 2.75) is 17.7 Å². The van der Waals surface area contributed by atoms with Crippen LogP contribution >= 0.6 is 15.9 Å². The largest absolute Gasteiger partial charge is 0.299 e. The molecule has 0 N–H and O–H groups in total. The van der Waals surface area contributed by atoms with E-state index in [4.69, 9.17) is 0 Å². The van der Waals surface area contributed by atoms with E-state index in [0.717, 1.165) is 29.6 Å². The van der Waals surface area contributed by atoms with Crippen molar-refractivity contribution in [3.63, 3.8) is 0 Å². The van der Waals surface area contributed by atoms with Crippen molar-refractivity contribution in [3.8, 4) is 0 Å². The first-order chi connectivity index (χ1) is 6.64. The van der Waals surface area contributed by atoms with E-state index in [1.807, 2.05) is 0 Å². The lowest BCUT2D eigenvalue weighted by Crippen LogP contribution is -2.53. The van der Waals surface area contributed by atoms with Gasteiger partial charge in [-0.15, -0.1) is 0 Å². The van der Waals surface area contributed by atoms with E-state index < -0.39 is 0 Å². The summed E-state index contributed by atoms with van der Waals surface area (Å²) in [6, 6.07) is 0. The lowest BCUT2D eigenvalue weighted by molar-refractivity contribution is -0.134. The first kappa shape index (κ1) is 7.43. The molecule has 0 aliphatic heterocycles. The number of fused-ring (bicyclic) bond motifs is 2. The maximum atomic E-state index is 12.2. The van der Waals surface area contributed by atoms with Crippen LogP contribution in [-0.2, 0) is 4.79 Å². The molecule has 0 heterocycles. The van der Waals surface area contributed by atoms with E-state index in [2.05, 4.69) is 22.9 Å². The Morgan fingerprint density at radius 3 is 2.79 bits per heavy atom. The van der Waals surface area contributed by atoms with E-state index in [1.165, 1.54) is 6.42 Å². The number of carbonyl (C=O) groups excluding carboxylic acids is 1. The highest BCUT2D eigenvalue weighted by Crippen LogP contribution is 2.85. The van der Waals surface area contributed by atoms with Crippen molar-refractivity contribution < 1.29 is 4.79 Å². The van der Waals surface area contributed by atoms with Gasteiger partial charge in [-0.25, -0.2) is 0 Å². The van der Waals surface area contributed by atoms with Crippen LogP contribution in [0.1, 0.15) is 13.3 Å². The quantitative estimate of drug-likeness (QED) is 0.604. The first-order valence-corrected chi connectivity index (χ1v) is 6.66. The molecule has 5 rings (SSSR count). The number of hydrogen-bond acceptors (Lipinski definition) is 1. The molecule has 9 atom stereocenters. The van der Waals surface area contributed by atoms with E-state index in [-0.39, 0.29) is 0 Å². The molecule has 0 saturated heterocycles. The van der Waals surface area contributed by atoms with Crippen molar-refractivity contribution in [3.05, 3.63) is 0 Å². The lowest BCUT2D eigenvalue weighted by Gasteiger charge is -2.49. The predicted octanol–water partition coefficient (Wildman–Crippen LogP) is 2.10. The molecule has 0 radical (unpaired) electrons. The topological polar surface area (TPSA) is 17.1 Å². The third kappa shape index (κ3) is 0.417. The Bertz CT molecular complexity index is 388. The monoisotopic (exact) mass is 252 g/mol. The zero-order valence-corrected chi connectivity index (χ0v) is 9.70. The highest BCUT2D eigenvalue weighted by atomic mass is 79.9. The standard InChI is InChI=1S/C12H13BrO/c1-12(13)9-4-2-3-5-6(4)10(12)8(5)11(14)7(3)9/h3-10H,2H2,1H3/t3-,4+,5+,6-,7-,8-,9+,10+,12+/m1/s1. The SMILES string of the molecule is C[C@@]1(Br)[C@@H]2[C@@H]3C(=O)[C@@H]4[C@@H]5C[C@@H]([C@@H]2[C@H]53)[C@@H]41. The number of ketones is 1. The van der Waals surface area contributed by atoms with Crippen LogP contribution in [0.25, 0.3) is 0 Å². The summed E-state index contributed by atoms with van der Waals surface area (Å²) in [6.07, 6.45) is 1.39. The van der Waals surface area contributed by atoms with Gasteiger partial charge >= 0.3 is 0 Å². The summed E-state index contributed by atoms with van der Waals surface area (Å²) in [6.45, 7) is 2.37. The Hall–Kier alpha value is 0.150. The van der Waals surface area contributed by atoms with Gasteiger partial charge in [-0.3, -0.25) is 4.79 Å². The van der Waals surface area contributed by atoms with Gasteiger partial charge in [0.25, 0.3) is 0 Å². The van der Waals surface area contributed by atoms with Crippen LogP contribution in [0.2, 0.25) is 0 Å². The Labute approximate surface area is 91.8 Å². The molecule has 0 aromatic heterocycles. The first-order valence-electron chi connectivity index (χ1n) is 5.86. The lowest BCUT2D eigenvalue weighted by atomic mass is 9.57. The minimum absolute atomic E-state index is 0.327. The third-order valence-electron chi connectivity index (χ3n) is 6.46. The summed E-state index contributed by atoms with van der Waals surface area (Å²) in [5.41, 5.74) is 0. The summed E-state index contributed by atoms with van der Waals surface area (Å²) in [5.74, 6) is 6.61. The highest BCUT2D eigenvalue weighted by molar-refractivity contribution is 9.10. The molecule has 5 saturated carbocycles. The van der Waals surface area contributed by atoms with E-state index in [9.17, 15) is 4.79 Å². The van der Waals surface area contributed by atoms with Crippen LogP contribution < -0.4 is 0 Å². The molecule has 5 fully saturated rings. The van der Waals surface area contributed by atoms with Gasteiger partial charge in [-0.1, -0.05) is 15.9 Å². The van der Waals surface area contributed by atoms with E-state index in [1.54, 1.807) is 0 Å². The third-order valence-corrected chi connectivity index (χ3v) is 7.52. The van der Waals surface area contributed by atoms with Gasteiger partial charge in [0.2, 0.25) is 0 Å². The molecule has 2 heteroatoms. The predicted molar refractivity (Wildman–Crippen MR) is 54.9 cm³/mol. The number of alkyl halides is 1. The summed E-state index contributed by atoms with van der Waals surface area (Å²) in [5, 5.41) is 0. The van der Waals surface area contributed by atoms with Gasteiger partial charge in [0.05, 0.1) is 0 Å². The minimum atomic E-state index is 0.327. The zero-order valence-electron chi connectivity index (χ0n) is 8.11. The zero-order chi connectivity index (χ0) is 9.40. The van der Waals surface area contributed by atoms with Crippen molar-refractivity contribution >= 4 is 21.7 Å². The van der Waals surface area contributed by atoms with Gasteiger partial charge < -0.3 is 0 Å². The second kappa shape index (κ2) is 1.66. The van der Waals surface area contributed by atoms with E-state index in [0.29, 0.717) is 27.9 Å². The normalized spacial score (nSPS) is 80.3. The van der Waals surface area contributed by atoms with Gasteiger partial charge in [0.1, 0.15) is 5.78 Å². The fourth-order valence-electron chi connectivity index (χ4n) is 6.54. The maximum absolute atomic E-state index is 12.2. The summed E-state index contributed by atoms with van der Waals surface area (Å²) in [7, 11) is 0. The van der Waals surface area contributed by atoms with Gasteiger partial charge in [-0.2, -0.15) is 0 Å². The second-order valence-corrected chi connectivity index (χ2v) is 8.08. The molecule has 0 aromatic rings. The average Bonchev–Trinajstić information content (AvgIpc) is 2.52. The molecule has 0 aromatic carbocycles. The minimum Gasteiger partial charge on any atom is -0.299 e. The number of hydrogen-bond donors (Lipinski definition) is 0. The molecule has 74 valence electrons. The summed E-state index contributed by atoms with van der Waals surface area (Å²) >= 11 is 3.97. The molecule has 5 aliphatic carbocycles. The van der Waals surface area contributed by atoms with Crippen LogP contribution in [0, 0.1) is 47.3 Å². The van der Waals surface area contributed by atoms with Crippen LogP contribution in [-0.4, -0.2) is 10.1 Å². The van der Waals surface area contributed by atoms with Crippen molar-refractivity contribution in [1.82, 2.24) is 0 Å². The number of halogens is 1. The number of rotatable bonds is 0. The molecule has 5 aliphatic rings. The summed E-state index contributed by atoms with van der Waals surface area (Å²) in [4.78, 5) is 12.2. The Morgan fingerprint density at radius 2 is 2.00 bits per heavy atom. The second-order valence-electron chi connectivity index (χ2n) is 6.37. The highest BCUT2D eigenvalue weighted by Gasteiger charge is 2.86. The van der Waals surface area contributed by atoms with Crippen molar-refractivity contribution in [2.75, 3.05) is 0 Å². The van der Waals surface area contributed by atoms with Gasteiger partial charge in [0.15, 0.2) is 0 Å². The molecule has 1 nitrogen and oxygen atoms in total. The number of Topliss-reactive ketones (excluding diaryl/α,β-unsaturated/α-hetero) is 1. The molecule has 0 unspecified atom stereocenters. The Balaban J connectivity index is 1.87. The summed E-state index contributed by atoms with van der Waals surface area (Å²) < 4.78 is 0.327. The molecule has 0 spiro atoms. The van der Waals surface area contributed by atoms with Crippen molar-refractivity contribution in [2.24, 2.45) is 47.3 Å². The van der Waals surface area contributed by atoms with Crippen LogP contribution in [0.4, 0.5) is 0 Å². The van der Waals surface area contributed by atoms with Crippen LogP contribution in [0.3, 0.4) is 0 Å². The molecule has 2 bridgehead atoms. The Kier molecular flexibility index (Phi) is 0.883. The van der Waals surface area contributed by atoms with E-state index >= 15 is 0 Å². The number of carbonyl (C=O) groups is 1. The molecular formula is C12H13BrO. The molecule has 0 amide bonds. The Morgan fingerprint density at radius 1 is 1.21 bits per heavy atom. The molecule has 14 heavy (non-hydrogen) atoms. The smallest absolute Gasteiger partial charge is 0.140 e. The van der Waals surface area contributed by atoms with Crippen LogP contribution in [0.15, 0.2) is 0 Å². The van der Waals surface area contributed by atoms with Gasteiger partial charge in [-0.05, 0) is 48.9 Å². The van der Waals surface area contributed by atoms with Crippen LogP contribution in [0.5, 0.6) is 0 Å². The van der Waals surface area contributed by atoms with Crippen molar-refractivity contribution in [1.29, 1.82) is 0 Å².